The number of hydrogen-bond donors (Lipinski definition) is 1. The molecule has 6 rings (SSSR count). The summed E-state index contributed by atoms with van der Waals surface area (Å²) in [6.45, 7) is 7.35. The van der Waals surface area contributed by atoms with E-state index in [9.17, 15) is 9.59 Å². The van der Waals surface area contributed by atoms with Gasteiger partial charge in [0, 0.05) is 36.1 Å². The summed E-state index contributed by atoms with van der Waals surface area (Å²) in [6, 6.07) is 0.105. The fraction of sp³-hybridized carbons (Fsp3) is 0.647. The molecule has 0 aromatic heterocycles. The van der Waals surface area contributed by atoms with E-state index in [1.54, 1.807) is 0 Å². The number of nitrogens with one attached hydrogen (secondary N) is 1. The maximum atomic E-state index is 13.7. The van der Waals surface area contributed by atoms with Gasteiger partial charge in [0.05, 0.1) is 18.0 Å². The summed E-state index contributed by atoms with van der Waals surface area (Å²) in [5, 5.41) is 3.19. The van der Waals surface area contributed by atoms with E-state index in [1.807, 2.05) is 11.1 Å². The molecule has 2 fully saturated rings. The standard InChI is InChI=1S/C34H44N4O2/c1-32(2,3)29-30(39)38(34(37-29)16-9-5-4-6-10-17-34)19-11-12-24-15-18-35-28-22-33(21-26(28)20-24)27-14-8-7-13-25(27)23-36-31(33)40/h8,14,18,20,26,28H,4-7,9-10,13,15-17,19,21-23H2,1-3H3,(H,36,40). The largest absolute Gasteiger partial charge is 0.352 e. The molecule has 0 aromatic carbocycles. The molecule has 0 bridgehead atoms. The van der Waals surface area contributed by atoms with Crippen molar-refractivity contribution in [3.05, 3.63) is 34.9 Å². The van der Waals surface area contributed by atoms with Gasteiger partial charge in [0.1, 0.15) is 11.4 Å². The van der Waals surface area contributed by atoms with Crippen LogP contribution in [0.1, 0.15) is 97.8 Å². The number of aliphatic imine (C=N–C) groups is 2. The first-order valence-corrected chi connectivity index (χ1v) is 15.5. The second kappa shape index (κ2) is 10.5. The molecule has 3 unspecified atom stereocenters. The average Bonchev–Trinajstić information content (AvgIpc) is 3.33. The minimum Gasteiger partial charge on any atom is -0.352 e. The summed E-state index contributed by atoms with van der Waals surface area (Å²) in [5.41, 5.74) is 3.19. The monoisotopic (exact) mass is 540 g/mol. The molecule has 3 aliphatic carbocycles. The summed E-state index contributed by atoms with van der Waals surface area (Å²) in [6.07, 6.45) is 20.8. The Morgan fingerprint density at radius 2 is 1.88 bits per heavy atom. The van der Waals surface area contributed by atoms with Crippen LogP contribution < -0.4 is 5.32 Å². The summed E-state index contributed by atoms with van der Waals surface area (Å²) in [7, 11) is 0. The lowest BCUT2D eigenvalue weighted by atomic mass is 9.70. The molecule has 0 radical (unpaired) electrons. The molecule has 3 aliphatic heterocycles. The van der Waals surface area contributed by atoms with Gasteiger partial charge in [-0.25, -0.2) is 0 Å². The van der Waals surface area contributed by atoms with Crippen molar-refractivity contribution >= 4 is 23.7 Å². The quantitative estimate of drug-likeness (QED) is 0.433. The van der Waals surface area contributed by atoms with Crippen molar-refractivity contribution in [2.45, 2.75) is 110 Å². The first kappa shape index (κ1) is 27.2. The lowest BCUT2D eigenvalue weighted by molar-refractivity contribution is -0.129. The van der Waals surface area contributed by atoms with E-state index in [4.69, 9.17) is 9.98 Å². The van der Waals surface area contributed by atoms with Gasteiger partial charge >= 0.3 is 0 Å². The number of rotatable bonds is 1. The van der Waals surface area contributed by atoms with Crippen LogP contribution in [0.4, 0.5) is 0 Å². The fourth-order valence-electron chi connectivity index (χ4n) is 7.87. The molecule has 0 saturated heterocycles. The van der Waals surface area contributed by atoms with Gasteiger partial charge in [-0.1, -0.05) is 70.1 Å². The second-order valence-electron chi connectivity index (χ2n) is 13.7. The number of nitrogens with zero attached hydrogens (tertiary/aromatic N) is 3. The van der Waals surface area contributed by atoms with Crippen molar-refractivity contribution in [1.29, 1.82) is 0 Å². The minimum absolute atomic E-state index is 0.0597. The number of fused-ring (bicyclic) bond motifs is 2. The molecule has 212 valence electrons. The van der Waals surface area contributed by atoms with E-state index in [0.29, 0.717) is 25.2 Å². The highest BCUT2D eigenvalue weighted by atomic mass is 16.2. The normalized spacial score (nSPS) is 31.5. The Labute approximate surface area is 239 Å². The molecule has 6 nitrogen and oxygen atoms in total. The lowest BCUT2D eigenvalue weighted by Crippen LogP contribution is -2.48. The highest BCUT2D eigenvalue weighted by molar-refractivity contribution is 6.42. The minimum atomic E-state index is -0.475. The summed E-state index contributed by atoms with van der Waals surface area (Å²) in [5.74, 6) is 7.24. The van der Waals surface area contributed by atoms with Crippen LogP contribution >= 0.6 is 0 Å². The summed E-state index contributed by atoms with van der Waals surface area (Å²) >= 11 is 0. The Morgan fingerprint density at radius 1 is 1.10 bits per heavy atom. The Kier molecular flexibility index (Phi) is 7.13. The number of carbonyl (C=O) groups is 2. The van der Waals surface area contributed by atoms with Crippen LogP contribution in [0.3, 0.4) is 0 Å². The van der Waals surface area contributed by atoms with Crippen molar-refractivity contribution in [2.75, 3.05) is 13.1 Å². The Morgan fingerprint density at radius 3 is 2.65 bits per heavy atom. The van der Waals surface area contributed by atoms with Gasteiger partial charge in [-0.2, -0.15) is 0 Å². The van der Waals surface area contributed by atoms with Crippen molar-refractivity contribution < 1.29 is 9.59 Å². The Bertz CT molecular complexity index is 1290. The summed E-state index contributed by atoms with van der Waals surface area (Å²) < 4.78 is 0. The third kappa shape index (κ3) is 4.80. The lowest BCUT2D eigenvalue weighted by Gasteiger charge is -2.37. The predicted molar refractivity (Wildman–Crippen MR) is 160 cm³/mol. The fourth-order valence-corrected chi connectivity index (χ4v) is 7.87. The van der Waals surface area contributed by atoms with Gasteiger partial charge in [0.15, 0.2) is 0 Å². The van der Waals surface area contributed by atoms with Crippen molar-refractivity contribution in [3.63, 3.8) is 0 Å². The Hall–Kier alpha value is -2.94. The molecule has 1 N–H and O–H groups in total. The maximum absolute atomic E-state index is 13.7. The van der Waals surface area contributed by atoms with E-state index in [1.165, 1.54) is 30.4 Å². The van der Waals surface area contributed by atoms with E-state index in [-0.39, 0.29) is 29.2 Å². The van der Waals surface area contributed by atoms with Gasteiger partial charge in [0.2, 0.25) is 5.91 Å². The van der Waals surface area contributed by atoms with Crippen molar-refractivity contribution in [3.8, 4) is 11.8 Å². The molecule has 2 spiro atoms. The number of allylic oxidation sites excluding steroid dienone is 3. The van der Waals surface area contributed by atoms with Gasteiger partial charge < -0.3 is 10.2 Å². The molecule has 40 heavy (non-hydrogen) atoms. The zero-order chi connectivity index (χ0) is 28.0. The van der Waals surface area contributed by atoms with Crippen molar-refractivity contribution in [2.24, 2.45) is 26.7 Å². The smallest absolute Gasteiger partial charge is 0.271 e. The molecule has 0 aromatic rings. The van der Waals surface area contributed by atoms with Crippen LogP contribution in [0.15, 0.2) is 44.9 Å². The molecular weight excluding hydrogens is 496 g/mol. The van der Waals surface area contributed by atoms with Gasteiger partial charge in [0.25, 0.3) is 5.91 Å². The molecular formula is C34H44N4O2. The van der Waals surface area contributed by atoms with Crippen LogP contribution in [-0.2, 0) is 9.59 Å². The second-order valence-corrected chi connectivity index (χ2v) is 13.7. The molecule has 6 aliphatic rings. The van der Waals surface area contributed by atoms with Crippen LogP contribution in [0.2, 0.25) is 0 Å². The van der Waals surface area contributed by atoms with Gasteiger partial charge in [-0.05, 0) is 62.5 Å². The zero-order valence-corrected chi connectivity index (χ0v) is 24.5. The molecule has 6 heteroatoms. The van der Waals surface area contributed by atoms with E-state index >= 15 is 0 Å². The molecule has 3 atom stereocenters. The first-order valence-electron chi connectivity index (χ1n) is 15.5. The maximum Gasteiger partial charge on any atom is 0.271 e. The first-order chi connectivity index (χ1) is 19.2. The molecule has 2 saturated carbocycles. The highest BCUT2D eigenvalue weighted by Gasteiger charge is 2.54. The van der Waals surface area contributed by atoms with E-state index in [2.05, 4.69) is 56.2 Å². The average molecular weight is 541 g/mol. The SMILES string of the molecule is CC(C)(C)C1=NC2(CCCCCCC2)N(CC#CC2=CC3CC4(CC3N=CC2)C(=O)NCC2=C4C=CCC2)C1=O. The number of amides is 2. The Balaban J connectivity index is 1.23. The van der Waals surface area contributed by atoms with Crippen molar-refractivity contribution in [1.82, 2.24) is 10.2 Å². The third-order valence-corrected chi connectivity index (χ3v) is 9.97. The summed E-state index contributed by atoms with van der Waals surface area (Å²) in [4.78, 5) is 39.0. The third-order valence-electron chi connectivity index (χ3n) is 9.97. The number of carbonyl (C=O) groups excluding carboxylic acids is 2. The highest BCUT2D eigenvalue weighted by Crippen LogP contribution is 2.53. The number of hydrogen-bond acceptors (Lipinski definition) is 4. The van der Waals surface area contributed by atoms with Crippen LogP contribution in [0.5, 0.6) is 0 Å². The van der Waals surface area contributed by atoms with Crippen LogP contribution in [0, 0.1) is 28.6 Å². The van der Waals surface area contributed by atoms with E-state index in [0.717, 1.165) is 56.9 Å². The van der Waals surface area contributed by atoms with Gasteiger partial charge in [-0.3, -0.25) is 19.6 Å². The predicted octanol–water partition coefficient (Wildman–Crippen LogP) is 5.70. The zero-order valence-electron chi connectivity index (χ0n) is 24.5. The van der Waals surface area contributed by atoms with Crippen LogP contribution in [-0.4, -0.2) is 53.4 Å². The molecule has 2 amide bonds. The van der Waals surface area contributed by atoms with Crippen LogP contribution in [0.25, 0.3) is 0 Å². The van der Waals surface area contributed by atoms with Gasteiger partial charge in [-0.15, -0.1) is 0 Å². The topological polar surface area (TPSA) is 74.1 Å². The molecule has 3 heterocycles. The van der Waals surface area contributed by atoms with E-state index < -0.39 is 11.1 Å².